The van der Waals surface area contributed by atoms with Gasteiger partial charge < -0.3 is 87.7 Å². The molecule has 1 saturated carbocycles. The average Bonchev–Trinajstić information content (AvgIpc) is 3.13. The summed E-state index contributed by atoms with van der Waals surface area (Å²) >= 11 is 0. The molecule has 18 nitrogen and oxygen atoms in total. The smallest absolute Gasteiger partial charge is 0.224 e. The number of aliphatic imine (C=N–C) groups is 1. The highest BCUT2D eigenvalue weighted by Crippen LogP contribution is 2.40. The number of hydrogen-bond donors (Lipinski definition) is 12. The Morgan fingerprint density at radius 2 is 1.60 bits per heavy atom. The van der Waals surface area contributed by atoms with Gasteiger partial charge in [-0.2, -0.15) is 0 Å². The maximum atomic E-state index is 11.3. The van der Waals surface area contributed by atoms with E-state index in [1.165, 1.54) is 21.1 Å². The van der Waals surface area contributed by atoms with E-state index in [1.54, 1.807) is 0 Å². The van der Waals surface area contributed by atoms with E-state index in [0.717, 1.165) is 6.08 Å². The van der Waals surface area contributed by atoms with E-state index in [1.807, 2.05) is 0 Å². The first kappa shape index (κ1) is 32.6. The lowest BCUT2D eigenvalue weighted by Crippen LogP contribution is -2.66. The highest BCUT2D eigenvalue weighted by Gasteiger charge is 2.61. The van der Waals surface area contributed by atoms with Gasteiger partial charge in [0.25, 0.3) is 0 Å². The molecule has 0 aromatic heterocycles. The minimum absolute atomic E-state index is 0.232. The molecule has 40 heavy (non-hydrogen) atoms. The van der Waals surface area contributed by atoms with Crippen LogP contribution in [0, 0.1) is 5.92 Å². The molecule has 16 N–H and O–H groups in total. The lowest BCUT2D eigenvalue weighted by molar-refractivity contribution is -0.338. The predicted molar refractivity (Wildman–Crippen MR) is 134 cm³/mol. The Morgan fingerprint density at radius 3 is 2.12 bits per heavy atom. The van der Waals surface area contributed by atoms with Crippen LogP contribution >= 0.6 is 0 Å². The summed E-state index contributed by atoms with van der Waals surface area (Å²) in [5.41, 5.74) is 22.1. The Hall–Kier alpha value is -1.91. The fourth-order valence-corrected chi connectivity index (χ4v) is 5.30. The van der Waals surface area contributed by atoms with E-state index in [2.05, 4.69) is 10.3 Å². The van der Waals surface area contributed by atoms with E-state index in [4.69, 9.17) is 46.6 Å². The predicted octanol–water partition coefficient (Wildman–Crippen LogP) is -7.02. The molecule has 2 aliphatic heterocycles. The number of nitrogens with one attached hydrogen (secondary N) is 1. The zero-order valence-electron chi connectivity index (χ0n) is 22.3. The van der Waals surface area contributed by atoms with Crippen LogP contribution < -0.4 is 28.3 Å². The lowest BCUT2D eigenvalue weighted by Gasteiger charge is -2.46. The summed E-state index contributed by atoms with van der Waals surface area (Å²) in [5, 5.41) is 77.2. The third kappa shape index (κ3) is 6.14. The van der Waals surface area contributed by atoms with Gasteiger partial charge in [-0.05, 0) is 20.0 Å². The Labute approximate surface area is 230 Å². The van der Waals surface area contributed by atoms with Crippen LogP contribution in [0.2, 0.25) is 0 Å². The molecule has 0 radical (unpaired) electrons. The number of ether oxygens (including phenoxy) is 5. The van der Waals surface area contributed by atoms with E-state index in [9.17, 15) is 35.7 Å². The van der Waals surface area contributed by atoms with Gasteiger partial charge in [-0.15, -0.1) is 0 Å². The zero-order valence-corrected chi connectivity index (χ0v) is 22.3. The minimum Gasteiger partial charge on any atom is -0.394 e. The van der Waals surface area contributed by atoms with E-state index in [-0.39, 0.29) is 5.82 Å². The van der Waals surface area contributed by atoms with Crippen molar-refractivity contribution in [1.29, 1.82) is 0 Å². The van der Waals surface area contributed by atoms with Crippen LogP contribution in [0.5, 0.6) is 0 Å². The monoisotopic (exact) mass is 582 g/mol. The molecule has 7 unspecified atom stereocenters. The van der Waals surface area contributed by atoms with Crippen molar-refractivity contribution in [3.05, 3.63) is 11.9 Å². The van der Waals surface area contributed by atoms with Crippen LogP contribution in [-0.2, 0) is 23.7 Å². The van der Waals surface area contributed by atoms with E-state index in [0.29, 0.717) is 0 Å². The summed E-state index contributed by atoms with van der Waals surface area (Å²) in [6.07, 6.45) is -15.1. The summed E-state index contributed by atoms with van der Waals surface area (Å²) in [6.45, 7) is 0.780. The first-order valence-electron chi connectivity index (χ1n) is 12.6. The van der Waals surface area contributed by atoms with Crippen LogP contribution in [0.1, 0.15) is 6.92 Å². The van der Waals surface area contributed by atoms with Gasteiger partial charge in [0, 0.05) is 13.0 Å². The number of aliphatic hydroxyl groups is 7. The third-order valence-electron chi connectivity index (χ3n) is 7.53. The molecule has 0 aromatic carbocycles. The van der Waals surface area contributed by atoms with Crippen LogP contribution in [0.4, 0.5) is 0 Å². The number of methoxy groups -OCH3 is 1. The number of guanidine groups is 1. The van der Waals surface area contributed by atoms with Crippen molar-refractivity contribution in [3.8, 4) is 0 Å². The molecule has 0 spiro atoms. The maximum Gasteiger partial charge on any atom is 0.224 e. The number of nitrogens with zero attached hydrogens (tertiary/aromatic N) is 1. The molecule has 0 amide bonds. The van der Waals surface area contributed by atoms with Crippen molar-refractivity contribution in [3.63, 3.8) is 0 Å². The first-order chi connectivity index (χ1) is 18.7. The summed E-state index contributed by atoms with van der Waals surface area (Å²) in [5.74, 6) is -4.08. The quantitative estimate of drug-likeness (QED) is 0.0682. The normalized spacial score (nSPS) is 47.5. The van der Waals surface area contributed by atoms with Gasteiger partial charge in [-0.3, -0.25) is 0 Å². The van der Waals surface area contributed by atoms with Crippen molar-refractivity contribution in [2.24, 2.45) is 33.8 Å². The Bertz CT molecular complexity index is 910. The van der Waals surface area contributed by atoms with Gasteiger partial charge in [0.2, 0.25) is 5.79 Å². The van der Waals surface area contributed by atoms with Crippen molar-refractivity contribution >= 4 is 5.96 Å². The summed E-state index contributed by atoms with van der Waals surface area (Å²) in [7, 11) is 2.63. The third-order valence-corrected chi connectivity index (χ3v) is 7.53. The second kappa shape index (κ2) is 12.9. The Morgan fingerprint density at radius 1 is 0.950 bits per heavy atom. The van der Waals surface area contributed by atoms with Gasteiger partial charge in [0.05, 0.1) is 30.7 Å². The van der Waals surface area contributed by atoms with E-state index >= 15 is 0 Å². The standard InChI is InChI=1S/C22H42N6O12/c1-6-22(35,36-3)18(40-19-11(27-2)15(33)14(32)8(5-29)38-19)20(37-6)39-17-10(28-21(25)26)12(30)7(4-9(23)24)13(31)16(17)34/h4,6-8,10-20,27,29-35H,5,23-24H2,1-3H3,(H4,25,26,28)/t6?,7-,8?,10-,11?,12?,13?,14-,15-,16?,17-,18-,19-,20?,22-/m1/s1. The fraction of sp³-hybridized carbons (Fsp3) is 0.864. The second-order valence-electron chi connectivity index (χ2n) is 10.0. The lowest BCUT2D eigenvalue weighted by atomic mass is 9.77. The van der Waals surface area contributed by atoms with E-state index < -0.39 is 104 Å². The molecular formula is C22H42N6O12. The van der Waals surface area contributed by atoms with Gasteiger partial charge in [-0.1, -0.05) is 0 Å². The molecule has 0 bridgehead atoms. The molecule has 18 heteroatoms. The van der Waals surface area contributed by atoms with Crippen LogP contribution in [0.15, 0.2) is 16.9 Å². The molecular weight excluding hydrogens is 540 g/mol. The first-order valence-corrected chi connectivity index (χ1v) is 12.6. The number of rotatable bonds is 9. The van der Waals surface area contributed by atoms with Crippen LogP contribution in [0.25, 0.3) is 0 Å². The highest BCUT2D eigenvalue weighted by atomic mass is 16.8. The van der Waals surface area contributed by atoms with Gasteiger partial charge in [0.1, 0.15) is 42.7 Å². The second-order valence-corrected chi connectivity index (χ2v) is 10.0. The number of aliphatic hydroxyl groups excluding tert-OH is 6. The van der Waals surface area contributed by atoms with Gasteiger partial charge in [-0.25, -0.2) is 4.99 Å². The van der Waals surface area contributed by atoms with Crippen molar-refractivity contribution in [1.82, 2.24) is 5.32 Å². The summed E-state index contributed by atoms with van der Waals surface area (Å²) < 4.78 is 28.7. The largest absolute Gasteiger partial charge is 0.394 e. The maximum absolute atomic E-state index is 11.3. The molecule has 0 aromatic rings. The van der Waals surface area contributed by atoms with Crippen LogP contribution in [-0.4, -0.2) is 148 Å². The van der Waals surface area contributed by atoms with Crippen molar-refractivity contribution < 1.29 is 59.4 Å². The van der Waals surface area contributed by atoms with Crippen LogP contribution in [0.3, 0.4) is 0 Å². The van der Waals surface area contributed by atoms with Crippen molar-refractivity contribution in [2.75, 3.05) is 20.8 Å². The molecule has 3 fully saturated rings. The van der Waals surface area contributed by atoms with Gasteiger partial charge >= 0.3 is 0 Å². The molecule has 3 aliphatic rings. The number of hydrogen-bond acceptors (Lipinski definition) is 16. The molecule has 15 atom stereocenters. The van der Waals surface area contributed by atoms with Crippen molar-refractivity contribution in [2.45, 2.75) is 92.3 Å². The van der Waals surface area contributed by atoms with Gasteiger partial charge in [0.15, 0.2) is 24.6 Å². The Balaban J connectivity index is 1.96. The highest BCUT2D eigenvalue weighted by molar-refractivity contribution is 5.76. The SMILES string of the molecule is CNC1[C@@H](O[C@@H]2C(O[C@H]3C(O)C(O)[C@H](C=C(N)N)C(O)[C@H]3N=C(N)N)OC(C)[C@@]2(O)OC)OC(CO)[C@@H](O)[C@@H]1O. The Kier molecular flexibility index (Phi) is 10.6. The molecule has 2 heterocycles. The summed E-state index contributed by atoms with van der Waals surface area (Å²) in [6, 6.07) is -2.44. The number of nitrogens with two attached hydrogens (primary N) is 4. The molecule has 3 rings (SSSR count). The molecule has 232 valence electrons. The molecule has 2 saturated heterocycles. The number of likely N-dealkylation sites (N-methyl/N-ethyl adjacent to an activating group) is 1. The minimum atomic E-state index is -2.19. The molecule has 1 aliphatic carbocycles. The average molecular weight is 583 g/mol. The zero-order chi connectivity index (χ0) is 30.1. The summed E-state index contributed by atoms with van der Waals surface area (Å²) in [4.78, 5) is 3.97. The topological polar surface area (TPSA) is 316 Å². The fourth-order valence-electron chi connectivity index (χ4n) is 5.30.